The molecular formula is C15H23F2NO2. The van der Waals surface area contributed by atoms with Crippen molar-refractivity contribution in [3.8, 4) is 0 Å². The molecule has 1 N–H and O–H groups in total. The van der Waals surface area contributed by atoms with Crippen molar-refractivity contribution in [3.05, 3.63) is 35.4 Å². The molecule has 0 amide bonds. The van der Waals surface area contributed by atoms with Crippen LogP contribution < -0.4 is 0 Å². The molecular weight excluding hydrogens is 264 g/mol. The van der Waals surface area contributed by atoms with Crippen LogP contribution >= 0.6 is 0 Å². The van der Waals surface area contributed by atoms with Crippen LogP contribution in [0.25, 0.3) is 0 Å². The number of aliphatic hydroxyl groups excluding tert-OH is 1. The highest BCUT2D eigenvalue weighted by Gasteiger charge is 2.16. The summed E-state index contributed by atoms with van der Waals surface area (Å²) in [6, 6.07) is 3.87. The first-order chi connectivity index (χ1) is 9.60. The third kappa shape index (κ3) is 5.15. The Morgan fingerprint density at radius 3 is 2.65 bits per heavy atom. The first-order valence-corrected chi connectivity index (χ1v) is 7.02. The van der Waals surface area contributed by atoms with E-state index in [1.54, 1.807) is 0 Å². The highest BCUT2D eigenvalue weighted by atomic mass is 19.2. The lowest BCUT2D eigenvalue weighted by atomic mass is 10.1. The molecule has 0 heterocycles. The van der Waals surface area contributed by atoms with E-state index in [1.807, 2.05) is 13.8 Å². The zero-order chi connectivity index (χ0) is 15.0. The fraction of sp³-hybridized carbons (Fsp3) is 0.600. The van der Waals surface area contributed by atoms with Crippen molar-refractivity contribution >= 4 is 0 Å². The maximum absolute atomic E-state index is 13.5. The van der Waals surface area contributed by atoms with Gasteiger partial charge in [-0.2, -0.15) is 0 Å². The molecule has 0 aliphatic heterocycles. The van der Waals surface area contributed by atoms with E-state index in [-0.39, 0.29) is 5.56 Å². The lowest BCUT2D eigenvalue weighted by molar-refractivity contribution is 0.0995. The largest absolute Gasteiger partial charge is 0.388 e. The Morgan fingerprint density at radius 1 is 1.25 bits per heavy atom. The molecule has 1 aromatic rings. The maximum atomic E-state index is 13.5. The number of nitrogens with zero attached hydrogens (tertiary/aromatic N) is 1. The van der Waals surface area contributed by atoms with E-state index in [0.29, 0.717) is 26.2 Å². The summed E-state index contributed by atoms with van der Waals surface area (Å²) >= 11 is 0. The topological polar surface area (TPSA) is 32.7 Å². The Hall–Kier alpha value is -1.04. The van der Waals surface area contributed by atoms with Crippen LogP contribution in [0.5, 0.6) is 0 Å². The number of benzene rings is 1. The fourth-order valence-electron chi connectivity index (χ4n) is 2.00. The van der Waals surface area contributed by atoms with E-state index >= 15 is 0 Å². The van der Waals surface area contributed by atoms with Crippen molar-refractivity contribution in [2.75, 3.05) is 32.8 Å². The van der Waals surface area contributed by atoms with Crippen molar-refractivity contribution in [3.63, 3.8) is 0 Å². The minimum absolute atomic E-state index is 0.0193. The van der Waals surface area contributed by atoms with Crippen LogP contribution in [0.2, 0.25) is 0 Å². The quantitative estimate of drug-likeness (QED) is 0.709. The predicted molar refractivity (Wildman–Crippen MR) is 74.5 cm³/mol. The lowest BCUT2D eigenvalue weighted by Crippen LogP contribution is -2.29. The second kappa shape index (κ2) is 9.00. The number of hydrogen-bond acceptors (Lipinski definition) is 3. The summed E-state index contributed by atoms with van der Waals surface area (Å²) in [6.45, 7) is 7.46. The summed E-state index contributed by atoms with van der Waals surface area (Å²) in [5.41, 5.74) is 0.0193. The molecule has 0 radical (unpaired) electrons. The van der Waals surface area contributed by atoms with Gasteiger partial charge in [0.15, 0.2) is 11.6 Å². The molecule has 1 rings (SSSR count). The van der Waals surface area contributed by atoms with Gasteiger partial charge in [0, 0.05) is 25.3 Å². The predicted octanol–water partition coefficient (Wildman–Crippen LogP) is 2.75. The summed E-state index contributed by atoms with van der Waals surface area (Å²) < 4.78 is 31.9. The van der Waals surface area contributed by atoms with Crippen LogP contribution in [0.4, 0.5) is 8.78 Å². The average Bonchev–Trinajstić information content (AvgIpc) is 2.45. The number of aliphatic hydroxyl groups is 1. The zero-order valence-corrected chi connectivity index (χ0v) is 12.1. The highest BCUT2D eigenvalue weighted by molar-refractivity contribution is 5.21. The van der Waals surface area contributed by atoms with Crippen LogP contribution in [0, 0.1) is 11.6 Å². The second-order valence-corrected chi connectivity index (χ2v) is 4.58. The minimum atomic E-state index is -0.994. The minimum Gasteiger partial charge on any atom is -0.388 e. The van der Waals surface area contributed by atoms with Gasteiger partial charge in [0.1, 0.15) is 0 Å². The van der Waals surface area contributed by atoms with Gasteiger partial charge in [-0.05, 0) is 26.0 Å². The Labute approximate surface area is 119 Å². The highest BCUT2D eigenvalue weighted by Crippen LogP contribution is 2.22. The van der Waals surface area contributed by atoms with Crippen LogP contribution in [0.3, 0.4) is 0 Å². The molecule has 0 bridgehead atoms. The van der Waals surface area contributed by atoms with Gasteiger partial charge in [0.05, 0.1) is 12.7 Å². The van der Waals surface area contributed by atoms with E-state index in [4.69, 9.17) is 4.74 Å². The summed E-state index contributed by atoms with van der Waals surface area (Å²) in [5, 5.41) is 9.98. The smallest absolute Gasteiger partial charge is 0.164 e. The first kappa shape index (κ1) is 17.0. The maximum Gasteiger partial charge on any atom is 0.164 e. The second-order valence-electron chi connectivity index (χ2n) is 4.58. The molecule has 114 valence electrons. The Bertz CT molecular complexity index is 401. The van der Waals surface area contributed by atoms with E-state index in [1.165, 1.54) is 12.1 Å². The molecule has 0 fully saturated rings. The molecule has 20 heavy (non-hydrogen) atoms. The molecule has 1 aromatic carbocycles. The first-order valence-electron chi connectivity index (χ1n) is 7.02. The standard InChI is InChI=1S/C15H23F2NO2/c1-3-18(10-11-20-4-2)9-8-14(19)12-6-5-7-13(16)15(12)17/h5-7,14,19H,3-4,8-11H2,1-2H3. The number of hydrogen-bond donors (Lipinski definition) is 1. The van der Waals surface area contributed by atoms with Crippen molar-refractivity contribution in [2.45, 2.75) is 26.4 Å². The third-order valence-electron chi connectivity index (χ3n) is 3.26. The molecule has 0 aliphatic carbocycles. The molecule has 0 spiro atoms. The molecule has 0 aliphatic rings. The molecule has 0 aromatic heterocycles. The van der Waals surface area contributed by atoms with Gasteiger partial charge in [0.25, 0.3) is 0 Å². The van der Waals surface area contributed by atoms with Crippen LogP contribution in [0.1, 0.15) is 31.9 Å². The van der Waals surface area contributed by atoms with E-state index in [0.717, 1.165) is 19.2 Å². The summed E-state index contributed by atoms with van der Waals surface area (Å²) in [4.78, 5) is 2.11. The molecule has 1 unspecified atom stereocenters. The van der Waals surface area contributed by atoms with Crippen LogP contribution in [-0.2, 0) is 4.74 Å². The number of likely N-dealkylation sites (N-methyl/N-ethyl adjacent to an activating group) is 1. The molecule has 3 nitrogen and oxygen atoms in total. The van der Waals surface area contributed by atoms with Gasteiger partial charge >= 0.3 is 0 Å². The average molecular weight is 287 g/mol. The van der Waals surface area contributed by atoms with Crippen molar-refractivity contribution < 1.29 is 18.6 Å². The third-order valence-corrected chi connectivity index (χ3v) is 3.26. The van der Waals surface area contributed by atoms with E-state index in [2.05, 4.69) is 4.90 Å². The van der Waals surface area contributed by atoms with Crippen LogP contribution in [-0.4, -0.2) is 42.9 Å². The lowest BCUT2D eigenvalue weighted by Gasteiger charge is -2.22. The monoisotopic (exact) mass is 287 g/mol. The SMILES string of the molecule is CCOCCN(CC)CCC(O)c1cccc(F)c1F. The van der Waals surface area contributed by atoms with Gasteiger partial charge in [-0.1, -0.05) is 19.1 Å². The van der Waals surface area contributed by atoms with Gasteiger partial charge in [-0.25, -0.2) is 8.78 Å². The number of rotatable bonds is 9. The van der Waals surface area contributed by atoms with Crippen molar-refractivity contribution in [1.82, 2.24) is 4.90 Å². The Balaban J connectivity index is 2.48. The van der Waals surface area contributed by atoms with Gasteiger partial charge in [-0.3, -0.25) is 0 Å². The fourth-order valence-corrected chi connectivity index (χ4v) is 2.00. The molecule has 5 heteroatoms. The Morgan fingerprint density at radius 2 is 2.00 bits per heavy atom. The molecule has 0 saturated heterocycles. The zero-order valence-electron chi connectivity index (χ0n) is 12.1. The van der Waals surface area contributed by atoms with Crippen molar-refractivity contribution in [1.29, 1.82) is 0 Å². The van der Waals surface area contributed by atoms with E-state index in [9.17, 15) is 13.9 Å². The summed E-state index contributed by atoms with van der Waals surface area (Å²) in [7, 11) is 0. The van der Waals surface area contributed by atoms with Crippen molar-refractivity contribution in [2.24, 2.45) is 0 Å². The van der Waals surface area contributed by atoms with Gasteiger partial charge in [-0.15, -0.1) is 0 Å². The van der Waals surface area contributed by atoms with Crippen LogP contribution in [0.15, 0.2) is 18.2 Å². The summed E-state index contributed by atoms with van der Waals surface area (Å²) in [5.74, 6) is -1.89. The van der Waals surface area contributed by atoms with E-state index < -0.39 is 17.7 Å². The Kier molecular flexibility index (Phi) is 7.65. The number of ether oxygens (including phenoxy) is 1. The summed E-state index contributed by atoms with van der Waals surface area (Å²) in [6.07, 6.45) is -0.632. The molecule has 1 atom stereocenters. The van der Waals surface area contributed by atoms with Gasteiger partial charge < -0.3 is 14.7 Å². The van der Waals surface area contributed by atoms with Gasteiger partial charge in [0.2, 0.25) is 0 Å². The molecule has 0 saturated carbocycles. The normalized spacial score (nSPS) is 12.9. The number of halogens is 2.